The Bertz CT molecular complexity index is 741. The van der Waals surface area contributed by atoms with E-state index in [2.05, 4.69) is 22.3 Å². The molecule has 0 aliphatic heterocycles. The van der Waals surface area contributed by atoms with Gasteiger partial charge in [0, 0.05) is 18.3 Å². The molecule has 0 spiro atoms. The fraction of sp³-hybridized carbons (Fsp3) is 0.364. The highest BCUT2D eigenvalue weighted by Gasteiger charge is 2.27. The van der Waals surface area contributed by atoms with E-state index in [1.165, 1.54) is 0 Å². The van der Waals surface area contributed by atoms with E-state index in [0.717, 1.165) is 24.1 Å². The lowest BCUT2D eigenvalue weighted by atomic mass is 9.86. The van der Waals surface area contributed by atoms with Crippen LogP contribution in [0.4, 0.5) is 5.69 Å². The van der Waals surface area contributed by atoms with Gasteiger partial charge < -0.3 is 15.3 Å². The number of nitrogens with one attached hydrogen (secondary N) is 1. The molecule has 2 aromatic carbocycles. The Balaban J connectivity index is 1.60. The average Bonchev–Trinajstić information content (AvgIpc) is 2.69. The second-order valence-corrected chi connectivity index (χ2v) is 7.13. The summed E-state index contributed by atoms with van der Waals surface area (Å²) in [5.74, 6) is -1.01. The lowest BCUT2D eigenvalue weighted by Crippen LogP contribution is -2.44. The average molecular weight is 366 g/mol. The van der Waals surface area contributed by atoms with E-state index in [-0.39, 0.29) is 24.4 Å². The number of para-hydroxylation sites is 1. The zero-order valence-electron chi connectivity index (χ0n) is 15.4. The summed E-state index contributed by atoms with van der Waals surface area (Å²) in [6.45, 7) is 0.932. The van der Waals surface area contributed by atoms with Gasteiger partial charge in [-0.25, -0.2) is 0 Å². The number of nitrogens with zero attached hydrogens (tertiary/aromatic N) is 1. The molecular formula is C22H26N2O3. The number of hydrogen-bond donors (Lipinski definition) is 2. The molecule has 2 aromatic rings. The third-order valence-corrected chi connectivity index (χ3v) is 5.11. The molecule has 1 aliphatic rings. The van der Waals surface area contributed by atoms with E-state index in [1.807, 2.05) is 48.5 Å². The minimum atomic E-state index is -0.724. The number of hydrogen-bond acceptors (Lipinski definition) is 3. The molecule has 1 aliphatic carbocycles. The molecule has 0 saturated heterocycles. The highest BCUT2D eigenvalue weighted by atomic mass is 16.4. The highest BCUT2D eigenvalue weighted by Crippen LogP contribution is 2.24. The predicted octanol–water partition coefficient (Wildman–Crippen LogP) is 3.45. The molecule has 3 rings (SSSR count). The lowest BCUT2D eigenvalue weighted by Gasteiger charge is -2.29. The number of carbonyl (C=O) groups excluding carboxylic acids is 1. The van der Waals surface area contributed by atoms with E-state index >= 15 is 0 Å². The predicted molar refractivity (Wildman–Crippen MR) is 105 cm³/mol. The van der Waals surface area contributed by atoms with Crippen LogP contribution in [0.15, 0.2) is 60.7 Å². The fourth-order valence-corrected chi connectivity index (χ4v) is 3.61. The fourth-order valence-electron chi connectivity index (χ4n) is 3.61. The first-order valence-corrected chi connectivity index (χ1v) is 9.48. The number of rotatable bonds is 7. The van der Waals surface area contributed by atoms with E-state index in [4.69, 9.17) is 5.11 Å². The molecule has 142 valence electrons. The maximum atomic E-state index is 12.6. The second-order valence-electron chi connectivity index (χ2n) is 7.13. The molecule has 2 N–H and O–H groups in total. The molecule has 0 aromatic heterocycles. The summed E-state index contributed by atoms with van der Waals surface area (Å²) < 4.78 is 0. The first-order valence-electron chi connectivity index (χ1n) is 9.48. The first kappa shape index (κ1) is 19.0. The van der Waals surface area contributed by atoms with Gasteiger partial charge in [0.25, 0.3) is 0 Å². The summed E-state index contributed by atoms with van der Waals surface area (Å²) in [4.78, 5) is 25.8. The zero-order valence-corrected chi connectivity index (χ0v) is 15.4. The molecule has 27 heavy (non-hydrogen) atoms. The van der Waals surface area contributed by atoms with Gasteiger partial charge in [-0.05, 0) is 43.4 Å². The standard InChI is InChI=1S/C22H26N2O3/c25-21(23-19-13-11-18(12-14-19)22(26)27)16-24(20-9-5-2-6-10-20)15-17-7-3-1-4-8-17/h1-10,18-19H,11-16H2,(H,23,25)(H,26,27). The van der Waals surface area contributed by atoms with Crippen LogP contribution in [0.1, 0.15) is 31.2 Å². The zero-order chi connectivity index (χ0) is 19.1. The molecule has 0 bridgehead atoms. The maximum absolute atomic E-state index is 12.6. The van der Waals surface area contributed by atoms with Crippen LogP contribution in [-0.4, -0.2) is 29.6 Å². The van der Waals surface area contributed by atoms with Gasteiger partial charge in [-0.15, -0.1) is 0 Å². The lowest BCUT2D eigenvalue weighted by molar-refractivity contribution is -0.142. The Morgan fingerprint density at radius 1 is 0.926 bits per heavy atom. The Kier molecular flexibility index (Phi) is 6.47. The molecule has 0 heterocycles. The Labute approximate surface area is 160 Å². The summed E-state index contributed by atoms with van der Waals surface area (Å²) in [5.41, 5.74) is 2.15. The molecule has 1 amide bonds. The van der Waals surface area contributed by atoms with Crippen molar-refractivity contribution in [2.45, 2.75) is 38.3 Å². The summed E-state index contributed by atoms with van der Waals surface area (Å²) in [5, 5.41) is 12.2. The molecule has 5 nitrogen and oxygen atoms in total. The van der Waals surface area contributed by atoms with E-state index < -0.39 is 5.97 Å². The van der Waals surface area contributed by atoms with Crippen molar-refractivity contribution in [2.24, 2.45) is 5.92 Å². The molecule has 0 unspecified atom stereocenters. The monoisotopic (exact) mass is 366 g/mol. The van der Waals surface area contributed by atoms with Crippen molar-refractivity contribution in [3.05, 3.63) is 66.2 Å². The molecule has 5 heteroatoms. The number of amides is 1. The molecule has 1 saturated carbocycles. The minimum absolute atomic E-state index is 0.0199. The number of carbonyl (C=O) groups is 2. The van der Waals surface area contributed by atoms with Crippen LogP contribution in [0, 0.1) is 5.92 Å². The summed E-state index contributed by atoms with van der Waals surface area (Å²) >= 11 is 0. The Morgan fingerprint density at radius 3 is 2.11 bits per heavy atom. The second kappa shape index (κ2) is 9.21. The largest absolute Gasteiger partial charge is 0.481 e. The maximum Gasteiger partial charge on any atom is 0.306 e. The van der Waals surface area contributed by atoms with Gasteiger partial charge in [0.2, 0.25) is 5.91 Å². The summed E-state index contributed by atoms with van der Waals surface area (Å²) in [7, 11) is 0. The SMILES string of the molecule is O=C(CN(Cc1ccccc1)c1ccccc1)NC1CCC(C(=O)O)CC1. The van der Waals surface area contributed by atoms with Gasteiger partial charge in [-0.2, -0.15) is 0 Å². The van der Waals surface area contributed by atoms with Crippen LogP contribution >= 0.6 is 0 Å². The van der Waals surface area contributed by atoms with Gasteiger partial charge in [-0.1, -0.05) is 48.5 Å². The smallest absolute Gasteiger partial charge is 0.306 e. The van der Waals surface area contributed by atoms with E-state index in [0.29, 0.717) is 19.4 Å². The van der Waals surface area contributed by atoms with Crippen LogP contribution in [-0.2, 0) is 16.1 Å². The van der Waals surface area contributed by atoms with E-state index in [1.54, 1.807) is 0 Å². The van der Waals surface area contributed by atoms with Crippen molar-refractivity contribution in [1.29, 1.82) is 0 Å². The van der Waals surface area contributed by atoms with Crippen LogP contribution in [0.2, 0.25) is 0 Å². The van der Waals surface area contributed by atoms with Gasteiger partial charge >= 0.3 is 5.97 Å². The summed E-state index contributed by atoms with van der Waals surface area (Å²) in [6, 6.07) is 20.1. The highest BCUT2D eigenvalue weighted by molar-refractivity contribution is 5.81. The van der Waals surface area contributed by atoms with Crippen LogP contribution in [0.3, 0.4) is 0 Å². The quantitative estimate of drug-likeness (QED) is 0.787. The molecule has 1 fully saturated rings. The molecular weight excluding hydrogens is 340 g/mol. The van der Waals surface area contributed by atoms with E-state index in [9.17, 15) is 9.59 Å². The van der Waals surface area contributed by atoms with Gasteiger partial charge in [0.15, 0.2) is 0 Å². The number of benzene rings is 2. The number of anilines is 1. The first-order chi connectivity index (χ1) is 13.1. The van der Waals surface area contributed by atoms with Crippen molar-refractivity contribution in [2.75, 3.05) is 11.4 Å². The van der Waals surface area contributed by atoms with Crippen LogP contribution < -0.4 is 10.2 Å². The number of carboxylic acids is 1. The third kappa shape index (κ3) is 5.58. The van der Waals surface area contributed by atoms with Gasteiger partial charge in [0.05, 0.1) is 12.5 Å². The Hall–Kier alpha value is -2.82. The van der Waals surface area contributed by atoms with Crippen LogP contribution in [0.5, 0.6) is 0 Å². The molecule has 0 radical (unpaired) electrons. The Morgan fingerprint density at radius 2 is 1.52 bits per heavy atom. The molecule has 0 atom stereocenters. The van der Waals surface area contributed by atoms with Gasteiger partial charge in [0.1, 0.15) is 0 Å². The van der Waals surface area contributed by atoms with Crippen molar-refractivity contribution in [3.63, 3.8) is 0 Å². The third-order valence-electron chi connectivity index (χ3n) is 5.11. The van der Waals surface area contributed by atoms with Crippen molar-refractivity contribution in [1.82, 2.24) is 5.32 Å². The van der Waals surface area contributed by atoms with Gasteiger partial charge in [-0.3, -0.25) is 9.59 Å². The topological polar surface area (TPSA) is 69.6 Å². The number of aliphatic carboxylic acids is 1. The number of carboxylic acid groups (broad SMARTS) is 1. The minimum Gasteiger partial charge on any atom is -0.481 e. The van der Waals surface area contributed by atoms with Crippen molar-refractivity contribution >= 4 is 17.6 Å². The summed E-state index contributed by atoms with van der Waals surface area (Å²) in [6.07, 6.45) is 2.72. The normalized spacial score (nSPS) is 19.3. The van der Waals surface area contributed by atoms with Crippen LogP contribution in [0.25, 0.3) is 0 Å². The van der Waals surface area contributed by atoms with Crippen molar-refractivity contribution in [3.8, 4) is 0 Å². The van der Waals surface area contributed by atoms with Crippen molar-refractivity contribution < 1.29 is 14.7 Å².